The van der Waals surface area contributed by atoms with E-state index in [9.17, 15) is 22.0 Å². The maximum absolute atomic E-state index is 13.4. The largest absolute Gasteiger partial charge is 0.340 e. The third kappa shape index (κ3) is 2.08. The zero-order chi connectivity index (χ0) is 15.0. The molecule has 0 aliphatic rings. The molecule has 1 heterocycles. The predicted octanol–water partition coefficient (Wildman–Crippen LogP) is 3.76. The van der Waals surface area contributed by atoms with Gasteiger partial charge in [-0.3, -0.25) is 0 Å². The molecule has 0 unspecified atom stereocenters. The minimum atomic E-state index is -2.24. The molecule has 0 fully saturated rings. The minimum absolute atomic E-state index is 0.0288. The van der Waals surface area contributed by atoms with E-state index in [-0.39, 0.29) is 16.3 Å². The second-order valence-corrected chi connectivity index (χ2v) is 4.43. The van der Waals surface area contributed by atoms with Gasteiger partial charge in [0, 0.05) is 0 Å². The topological polar surface area (TPSA) is 48.7 Å². The first-order valence-corrected chi connectivity index (χ1v) is 5.80. The van der Waals surface area contributed by atoms with Crippen molar-refractivity contribution in [2.45, 2.75) is 6.92 Å². The number of nitrogens with one attached hydrogen (secondary N) is 1. The van der Waals surface area contributed by atoms with Crippen LogP contribution in [0.3, 0.4) is 0 Å². The number of nitrogens with zero attached hydrogens (tertiary/aromatic N) is 2. The van der Waals surface area contributed by atoms with Crippen molar-refractivity contribution in [2.24, 2.45) is 0 Å². The molecule has 1 aromatic carbocycles. The summed E-state index contributed by atoms with van der Waals surface area (Å²) < 4.78 is 69.6. The molecule has 1 aromatic heterocycles. The van der Waals surface area contributed by atoms with E-state index in [1.54, 1.807) is 6.07 Å². The normalized spacial score (nSPS) is 10.4. The molecule has 0 aliphatic carbocycles. The van der Waals surface area contributed by atoms with Crippen LogP contribution in [0.4, 0.5) is 32.6 Å². The zero-order valence-electron chi connectivity index (χ0n) is 9.69. The van der Waals surface area contributed by atoms with Crippen LogP contribution in [0.25, 0.3) is 0 Å². The molecule has 2 aromatic rings. The summed E-state index contributed by atoms with van der Waals surface area (Å²) in [5.74, 6) is -10.4. The second-order valence-electron chi connectivity index (χ2n) is 3.65. The van der Waals surface area contributed by atoms with E-state index in [2.05, 4.69) is 4.37 Å². The van der Waals surface area contributed by atoms with Gasteiger partial charge in [-0.15, -0.1) is 0 Å². The van der Waals surface area contributed by atoms with Gasteiger partial charge in [-0.05, 0) is 18.5 Å². The van der Waals surface area contributed by atoms with Crippen molar-refractivity contribution in [2.75, 3.05) is 5.32 Å². The first-order valence-electron chi connectivity index (χ1n) is 5.03. The van der Waals surface area contributed by atoms with Crippen molar-refractivity contribution in [3.05, 3.63) is 40.3 Å². The Hall–Kier alpha value is -2.21. The van der Waals surface area contributed by atoms with Crippen molar-refractivity contribution < 1.29 is 22.0 Å². The lowest BCUT2D eigenvalue weighted by Crippen LogP contribution is -2.06. The van der Waals surface area contributed by atoms with Gasteiger partial charge in [0.15, 0.2) is 23.3 Å². The van der Waals surface area contributed by atoms with Crippen LogP contribution in [-0.2, 0) is 0 Å². The van der Waals surface area contributed by atoms with Crippen LogP contribution in [0.5, 0.6) is 0 Å². The maximum Gasteiger partial charge on any atom is 0.200 e. The SMILES string of the molecule is Cc1nsc(Nc2c(F)c(F)c(F)c(F)c2F)c1C#N. The molecule has 0 atom stereocenters. The van der Waals surface area contributed by atoms with Crippen LogP contribution in [0, 0.1) is 47.3 Å². The molecule has 2 rings (SSSR count). The summed E-state index contributed by atoms with van der Waals surface area (Å²) in [7, 11) is 0. The molecule has 0 aliphatic heterocycles. The summed E-state index contributed by atoms with van der Waals surface area (Å²) in [6.45, 7) is 1.47. The van der Waals surface area contributed by atoms with Crippen LogP contribution < -0.4 is 5.32 Å². The van der Waals surface area contributed by atoms with Gasteiger partial charge in [-0.2, -0.15) is 9.64 Å². The molecule has 0 spiro atoms. The van der Waals surface area contributed by atoms with Crippen LogP contribution >= 0.6 is 11.5 Å². The summed E-state index contributed by atoms with van der Waals surface area (Å²) in [4.78, 5) is 0. The van der Waals surface area contributed by atoms with Gasteiger partial charge in [0.05, 0.1) is 5.69 Å². The zero-order valence-corrected chi connectivity index (χ0v) is 10.5. The quantitative estimate of drug-likeness (QED) is 0.522. The number of benzene rings is 1. The van der Waals surface area contributed by atoms with E-state index < -0.39 is 34.8 Å². The highest BCUT2D eigenvalue weighted by atomic mass is 32.1. The van der Waals surface area contributed by atoms with Crippen LogP contribution in [0.2, 0.25) is 0 Å². The summed E-state index contributed by atoms with van der Waals surface area (Å²) in [6, 6.07) is 1.72. The van der Waals surface area contributed by atoms with Gasteiger partial charge < -0.3 is 5.32 Å². The fourth-order valence-corrected chi connectivity index (χ4v) is 2.17. The van der Waals surface area contributed by atoms with E-state index >= 15 is 0 Å². The molecule has 0 saturated heterocycles. The molecule has 104 valence electrons. The highest BCUT2D eigenvalue weighted by molar-refractivity contribution is 7.10. The second kappa shape index (κ2) is 5.05. The number of nitriles is 1. The molecular weight excluding hydrogens is 301 g/mol. The van der Waals surface area contributed by atoms with Crippen molar-refractivity contribution >= 4 is 22.2 Å². The predicted molar refractivity (Wildman–Crippen MR) is 61.1 cm³/mol. The van der Waals surface area contributed by atoms with Crippen LogP contribution in [0.15, 0.2) is 0 Å². The van der Waals surface area contributed by atoms with Crippen molar-refractivity contribution in [3.63, 3.8) is 0 Å². The van der Waals surface area contributed by atoms with Crippen LogP contribution in [0.1, 0.15) is 11.3 Å². The third-order valence-corrected chi connectivity index (χ3v) is 3.28. The van der Waals surface area contributed by atoms with Crippen molar-refractivity contribution in [1.29, 1.82) is 5.26 Å². The van der Waals surface area contributed by atoms with E-state index in [0.717, 1.165) is 0 Å². The van der Waals surface area contributed by atoms with E-state index in [0.29, 0.717) is 11.5 Å². The van der Waals surface area contributed by atoms with E-state index in [1.807, 2.05) is 5.32 Å². The van der Waals surface area contributed by atoms with E-state index in [4.69, 9.17) is 5.26 Å². The highest BCUT2D eigenvalue weighted by Crippen LogP contribution is 2.33. The van der Waals surface area contributed by atoms with Crippen molar-refractivity contribution in [3.8, 4) is 6.07 Å². The van der Waals surface area contributed by atoms with Gasteiger partial charge >= 0.3 is 0 Å². The Morgan fingerprint density at radius 1 is 1.00 bits per heavy atom. The van der Waals surface area contributed by atoms with Crippen LogP contribution in [-0.4, -0.2) is 4.37 Å². The average Bonchev–Trinajstić information content (AvgIpc) is 2.79. The monoisotopic (exact) mass is 305 g/mol. The number of anilines is 2. The number of aromatic nitrogens is 1. The summed E-state index contributed by atoms with van der Waals surface area (Å²) in [5, 5.41) is 10.8. The number of aryl methyl sites for hydroxylation is 1. The highest BCUT2D eigenvalue weighted by Gasteiger charge is 2.26. The summed E-state index contributed by atoms with van der Waals surface area (Å²) >= 11 is 0.673. The lowest BCUT2D eigenvalue weighted by atomic mass is 10.2. The number of halogens is 5. The molecule has 1 N–H and O–H groups in total. The maximum atomic E-state index is 13.4. The molecule has 20 heavy (non-hydrogen) atoms. The summed E-state index contributed by atoms with van der Waals surface area (Å²) in [5.41, 5.74) is -0.968. The third-order valence-electron chi connectivity index (χ3n) is 2.42. The Bertz CT molecular complexity index is 706. The van der Waals surface area contributed by atoms with Gasteiger partial charge in [-0.25, -0.2) is 22.0 Å². The molecule has 0 amide bonds. The molecule has 9 heteroatoms. The van der Waals surface area contributed by atoms with Gasteiger partial charge in [0.2, 0.25) is 5.82 Å². The fraction of sp³-hybridized carbons (Fsp3) is 0.0909. The molecular formula is C11H4F5N3S. The Labute approximate surface area is 113 Å². The molecule has 3 nitrogen and oxygen atoms in total. The van der Waals surface area contributed by atoms with Crippen molar-refractivity contribution in [1.82, 2.24) is 4.37 Å². The Kier molecular flexibility index (Phi) is 3.59. The fourth-order valence-electron chi connectivity index (χ4n) is 1.41. The average molecular weight is 305 g/mol. The summed E-state index contributed by atoms with van der Waals surface area (Å²) in [6.07, 6.45) is 0. The van der Waals surface area contributed by atoms with Gasteiger partial charge in [-0.1, -0.05) is 0 Å². The minimum Gasteiger partial charge on any atom is -0.340 e. The van der Waals surface area contributed by atoms with E-state index in [1.165, 1.54) is 6.92 Å². The Balaban J connectivity index is 2.58. The lowest BCUT2D eigenvalue weighted by molar-refractivity contribution is 0.382. The first-order chi connectivity index (χ1) is 9.38. The van der Waals surface area contributed by atoms with Gasteiger partial charge in [0.25, 0.3) is 0 Å². The Morgan fingerprint density at radius 2 is 1.50 bits per heavy atom. The lowest BCUT2D eigenvalue weighted by Gasteiger charge is -2.09. The van der Waals surface area contributed by atoms with Gasteiger partial charge in [0.1, 0.15) is 22.3 Å². The molecule has 0 bridgehead atoms. The molecule has 0 saturated carbocycles. The number of hydrogen-bond donors (Lipinski definition) is 1. The molecule has 0 radical (unpaired) electrons. The number of hydrogen-bond acceptors (Lipinski definition) is 4. The number of rotatable bonds is 2. The standard InChI is InChI=1S/C11H4F5N3S/c1-3-4(2-17)11(20-19-3)18-10-8(15)6(13)5(12)7(14)9(10)16/h18H,1H3. The Morgan fingerprint density at radius 3 is 2.00 bits per heavy atom. The smallest absolute Gasteiger partial charge is 0.200 e. The first kappa shape index (κ1) is 14.2.